The summed E-state index contributed by atoms with van der Waals surface area (Å²) in [6, 6.07) is 12.3. The van der Waals surface area contributed by atoms with Gasteiger partial charge in [-0.15, -0.1) is 0 Å². The van der Waals surface area contributed by atoms with Crippen molar-refractivity contribution in [2.45, 2.75) is 19.4 Å². The molecule has 0 unspecified atom stereocenters. The minimum absolute atomic E-state index is 0.0284. The maximum Gasteiger partial charge on any atom is 0.338 e. The Labute approximate surface area is 155 Å². The van der Waals surface area contributed by atoms with Crippen LogP contribution in [0.3, 0.4) is 0 Å². The van der Waals surface area contributed by atoms with E-state index in [0.717, 1.165) is 12.0 Å². The van der Waals surface area contributed by atoms with E-state index in [1.54, 1.807) is 41.3 Å². The largest absolute Gasteiger partial charge is 0.452 e. The number of anilines is 1. The van der Waals surface area contributed by atoms with Crippen LogP contribution in [0.15, 0.2) is 48.5 Å². The van der Waals surface area contributed by atoms with Gasteiger partial charge in [0.1, 0.15) is 5.82 Å². The maximum absolute atomic E-state index is 12.8. The first-order valence-electron chi connectivity index (χ1n) is 8.61. The van der Waals surface area contributed by atoms with Crippen molar-refractivity contribution in [1.29, 1.82) is 0 Å². The minimum Gasteiger partial charge on any atom is -0.452 e. The van der Waals surface area contributed by atoms with E-state index >= 15 is 0 Å². The second-order valence-electron chi connectivity index (χ2n) is 6.18. The SMILES string of the molecule is O=C(COC(=O)c1cccc(N2CCCC2=O)c1)NCc1ccc(F)cc1. The first kappa shape index (κ1) is 18.6. The zero-order valence-corrected chi connectivity index (χ0v) is 14.6. The fourth-order valence-corrected chi connectivity index (χ4v) is 2.79. The van der Waals surface area contributed by atoms with Gasteiger partial charge in [-0.05, 0) is 42.3 Å². The second-order valence-corrected chi connectivity index (χ2v) is 6.18. The number of carbonyl (C=O) groups excluding carboxylic acids is 3. The van der Waals surface area contributed by atoms with Crippen LogP contribution in [-0.4, -0.2) is 30.9 Å². The van der Waals surface area contributed by atoms with E-state index in [2.05, 4.69) is 5.32 Å². The Morgan fingerprint density at radius 1 is 1.15 bits per heavy atom. The van der Waals surface area contributed by atoms with Crippen LogP contribution in [0.25, 0.3) is 0 Å². The third kappa shape index (κ3) is 4.91. The molecule has 3 rings (SSSR count). The second kappa shape index (κ2) is 8.44. The van der Waals surface area contributed by atoms with Crippen molar-refractivity contribution in [3.8, 4) is 0 Å². The van der Waals surface area contributed by atoms with Crippen LogP contribution < -0.4 is 10.2 Å². The van der Waals surface area contributed by atoms with Crippen molar-refractivity contribution in [2.75, 3.05) is 18.1 Å². The Kier molecular flexibility index (Phi) is 5.80. The van der Waals surface area contributed by atoms with Crippen LogP contribution in [0.5, 0.6) is 0 Å². The number of benzene rings is 2. The lowest BCUT2D eigenvalue weighted by Gasteiger charge is -2.16. The number of halogens is 1. The lowest BCUT2D eigenvalue weighted by molar-refractivity contribution is -0.124. The number of rotatable bonds is 6. The summed E-state index contributed by atoms with van der Waals surface area (Å²) in [5.74, 6) is -1.42. The van der Waals surface area contributed by atoms with Crippen molar-refractivity contribution < 1.29 is 23.5 Å². The third-order valence-corrected chi connectivity index (χ3v) is 4.20. The van der Waals surface area contributed by atoms with Gasteiger partial charge < -0.3 is 15.0 Å². The lowest BCUT2D eigenvalue weighted by atomic mass is 10.2. The molecule has 0 saturated carbocycles. The van der Waals surface area contributed by atoms with E-state index in [0.29, 0.717) is 18.7 Å². The summed E-state index contributed by atoms with van der Waals surface area (Å²) in [5, 5.41) is 2.60. The van der Waals surface area contributed by atoms with E-state index in [-0.39, 0.29) is 23.8 Å². The molecule has 7 heteroatoms. The summed E-state index contributed by atoms with van der Waals surface area (Å²) in [6.07, 6.45) is 1.30. The van der Waals surface area contributed by atoms with Gasteiger partial charge >= 0.3 is 5.97 Å². The molecule has 1 saturated heterocycles. The molecule has 27 heavy (non-hydrogen) atoms. The van der Waals surface area contributed by atoms with Gasteiger partial charge in [0.15, 0.2) is 6.61 Å². The van der Waals surface area contributed by atoms with Crippen LogP contribution >= 0.6 is 0 Å². The number of esters is 1. The highest BCUT2D eigenvalue weighted by molar-refractivity contribution is 5.97. The molecule has 6 nitrogen and oxygen atoms in total. The van der Waals surface area contributed by atoms with E-state index in [9.17, 15) is 18.8 Å². The molecule has 0 bridgehead atoms. The van der Waals surface area contributed by atoms with Gasteiger partial charge in [0.05, 0.1) is 5.56 Å². The van der Waals surface area contributed by atoms with Crippen molar-refractivity contribution >= 4 is 23.5 Å². The topological polar surface area (TPSA) is 75.7 Å². The smallest absolute Gasteiger partial charge is 0.338 e. The molecule has 0 spiro atoms. The standard InChI is InChI=1S/C20H19FN2O4/c21-16-8-6-14(7-9-16)12-22-18(24)13-27-20(26)15-3-1-4-17(11-15)23-10-2-5-19(23)25/h1,3-4,6-9,11H,2,5,10,12-13H2,(H,22,24). The molecule has 0 atom stereocenters. The maximum atomic E-state index is 12.8. The van der Waals surface area contributed by atoms with E-state index in [1.165, 1.54) is 12.1 Å². The minimum atomic E-state index is -0.638. The number of ether oxygens (including phenoxy) is 1. The lowest BCUT2D eigenvalue weighted by Crippen LogP contribution is -2.28. The molecule has 0 aromatic heterocycles. The van der Waals surface area contributed by atoms with Crippen LogP contribution in [-0.2, 0) is 20.9 Å². The molecule has 1 aliphatic rings. The average molecular weight is 370 g/mol. The van der Waals surface area contributed by atoms with Crippen LogP contribution in [0.1, 0.15) is 28.8 Å². The highest BCUT2D eigenvalue weighted by Crippen LogP contribution is 2.22. The number of carbonyl (C=O) groups is 3. The molecule has 1 N–H and O–H groups in total. The van der Waals surface area contributed by atoms with Crippen LogP contribution in [0.4, 0.5) is 10.1 Å². The van der Waals surface area contributed by atoms with Crippen LogP contribution in [0, 0.1) is 5.82 Å². The van der Waals surface area contributed by atoms with Gasteiger partial charge in [0.2, 0.25) is 5.91 Å². The summed E-state index contributed by atoms with van der Waals surface area (Å²) in [5.41, 5.74) is 1.66. The molecule has 1 fully saturated rings. The van der Waals surface area contributed by atoms with Crippen molar-refractivity contribution in [3.63, 3.8) is 0 Å². The molecule has 1 aliphatic heterocycles. The number of hydrogen-bond donors (Lipinski definition) is 1. The van der Waals surface area contributed by atoms with Gasteiger partial charge in [0, 0.05) is 25.2 Å². The summed E-state index contributed by atoms with van der Waals surface area (Å²) < 4.78 is 17.9. The number of nitrogens with one attached hydrogen (secondary N) is 1. The quantitative estimate of drug-likeness (QED) is 0.793. The van der Waals surface area contributed by atoms with Crippen molar-refractivity contribution in [1.82, 2.24) is 5.32 Å². The Bertz CT molecular complexity index is 851. The van der Waals surface area contributed by atoms with Gasteiger partial charge in [-0.3, -0.25) is 9.59 Å². The molecule has 2 aromatic rings. The molecule has 0 radical (unpaired) electrons. The number of hydrogen-bond acceptors (Lipinski definition) is 4. The third-order valence-electron chi connectivity index (χ3n) is 4.20. The van der Waals surface area contributed by atoms with E-state index < -0.39 is 18.5 Å². The molecule has 2 aromatic carbocycles. The average Bonchev–Trinajstić information content (AvgIpc) is 3.11. The summed E-state index contributed by atoms with van der Waals surface area (Å²) in [6.45, 7) is 0.416. The predicted molar refractivity (Wildman–Crippen MR) is 96.6 cm³/mol. The van der Waals surface area contributed by atoms with Crippen molar-refractivity contribution in [2.24, 2.45) is 0 Å². The number of nitrogens with zero attached hydrogens (tertiary/aromatic N) is 1. The Morgan fingerprint density at radius 3 is 2.63 bits per heavy atom. The number of amides is 2. The summed E-state index contributed by atoms with van der Waals surface area (Å²) in [7, 11) is 0. The molecule has 2 amide bonds. The molecule has 1 heterocycles. The zero-order chi connectivity index (χ0) is 19.2. The normalized spacial score (nSPS) is 13.5. The molecule has 140 valence electrons. The Morgan fingerprint density at radius 2 is 1.93 bits per heavy atom. The fourth-order valence-electron chi connectivity index (χ4n) is 2.79. The molecular weight excluding hydrogens is 351 g/mol. The summed E-state index contributed by atoms with van der Waals surface area (Å²) in [4.78, 5) is 37.4. The predicted octanol–water partition coefficient (Wildman–Crippen LogP) is 2.43. The Balaban J connectivity index is 1.50. The highest BCUT2D eigenvalue weighted by atomic mass is 19.1. The fraction of sp³-hybridized carbons (Fsp3) is 0.250. The van der Waals surface area contributed by atoms with Gasteiger partial charge in [0.25, 0.3) is 5.91 Å². The van der Waals surface area contributed by atoms with Crippen molar-refractivity contribution in [3.05, 3.63) is 65.5 Å². The van der Waals surface area contributed by atoms with Crippen LogP contribution in [0.2, 0.25) is 0 Å². The highest BCUT2D eigenvalue weighted by Gasteiger charge is 2.22. The molecular formula is C20H19FN2O4. The zero-order valence-electron chi connectivity index (χ0n) is 14.6. The van der Waals surface area contributed by atoms with Gasteiger partial charge in [-0.1, -0.05) is 18.2 Å². The first-order chi connectivity index (χ1) is 13.0. The molecule has 0 aliphatic carbocycles. The Hall–Kier alpha value is -3.22. The summed E-state index contributed by atoms with van der Waals surface area (Å²) >= 11 is 0. The van der Waals surface area contributed by atoms with E-state index in [4.69, 9.17) is 4.74 Å². The van der Waals surface area contributed by atoms with Gasteiger partial charge in [-0.25, -0.2) is 9.18 Å². The monoisotopic (exact) mass is 370 g/mol. The van der Waals surface area contributed by atoms with Gasteiger partial charge in [-0.2, -0.15) is 0 Å². The first-order valence-corrected chi connectivity index (χ1v) is 8.61. The van der Waals surface area contributed by atoms with E-state index in [1.807, 2.05) is 0 Å².